The lowest BCUT2D eigenvalue weighted by molar-refractivity contribution is -0.126. The number of aromatic amines is 1. The van der Waals surface area contributed by atoms with Crippen LogP contribution in [-0.4, -0.2) is 50.0 Å². The molecular formula is C23H28N6O2S. The van der Waals surface area contributed by atoms with E-state index in [0.717, 1.165) is 16.3 Å². The number of amides is 2. The summed E-state index contributed by atoms with van der Waals surface area (Å²) in [5, 5.41) is 13.1. The molecule has 0 aliphatic carbocycles. The van der Waals surface area contributed by atoms with E-state index in [9.17, 15) is 9.59 Å². The number of piperidine rings is 1. The molecule has 0 spiro atoms. The standard InChI is InChI=1S/C23H28N6O2S/c1-23(2,3)19-14-32-20(26-19)13-25-21(30)16-6-10-29(11-7-16)22(31)18-12-17(27-28-18)15-4-8-24-9-5-15/h4-5,8-9,12,14,16H,6-7,10-11,13H2,1-3H3,(H,25,30)(H,27,28). The van der Waals surface area contributed by atoms with Crippen LogP contribution >= 0.6 is 11.3 Å². The molecule has 4 heterocycles. The van der Waals surface area contributed by atoms with E-state index in [1.807, 2.05) is 12.1 Å². The summed E-state index contributed by atoms with van der Waals surface area (Å²) in [4.78, 5) is 35.9. The molecule has 0 aromatic carbocycles. The molecule has 0 radical (unpaired) electrons. The first-order chi connectivity index (χ1) is 15.3. The quantitative estimate of drug-likeness (QED) is 0.618. The first-order valence-corrected chi connectivity index (χ1v) is 11.7. The van der Waals surface area contributed by atoms with Crippen LogP contribution in [0.25, 0.3) is 11.3 Å². The van der Waals surface area contributed by atoms with Crippen molar-refractivity contribution in [3.8, 4) is 11.3 Å². The van der Waals surface area contributed by atoms with Crippen LogP contribution in [0.3, 0.4) is 0 Å². The van der Waals surface area contributed by atoms with Gasteiger partial charge in [-0.1, -0.05) is 20.8 Å². The van der Waals surface area contributed by atoms with Crippen LogP contribution in [0.1, 0.15) is 54.8 Å². The van der Waals surface area contributed by atoms with Gasteiger partial charge in [0.2, 0.25) is 5.91 Å². The van der Waals surface area contributed by atoms with Gasteiger partial charge < -0.3 is 10.2 Å². The zero-order valence-electron chi connectivity index (χ0n) is 18.6. The van der Waals surface area contributed by atoms with E-state index >= 15 is 0 Å². The number of hydrogen-bond acceptors (Lipinski definition) is 6. The Labute approximate surface area is 191 Å². The maximum atomic E-state index is 12.8. The SMILES string of the molecule is CC(C)(C)c1csc(CNC(=O)C2CCN(C(=O)c3cc(-c4ccncc4)n[nH]3)CC2)n1. The highest BCUT2D eigenvalue weighted by molar-refractivity contribution is 7.09. The Balaban J connectivity index is 1.27. The second-order valence-electron chi connectivity index (χ2n) is 9.06. The van der Waals surface area contributed by atoms with Crippen molar-refractivity contribution >= 4 is 23.2 Å². The lowest BCUT2D eigenvalue weighted by atomic mass is 9.93. The number of nitrogens with one attached hydrogen (secondary N) is 2. The van der Waals surface area contributed by atoms with Crippen molar-refractivity contribution in [3.63, 3.8) is 0 Å². The zero-order chi connectivity index (χ0) is 22.7. The number of pyridine rings is 1. The molecule has 0 unspecified atom stereocenters. The van der Waals surface area contributed by atoms with Crippen molar-refractivity contribution in [1.82, 2.24) is 30.4 Å². The highest BCUT2D eigenvalue weighted by atomic mass is 32.1. The fourth-order valence-corrected chi connectivity index (χ4v) is 4.62. The van der Waals surface area contributed by atoms with Gasteiger partial charge in [0.25, 0.3) is 5.91 Å². The highest BCUT2D eigenvalue weighted by Gasteiger charge is 2.28. The minimum atomic E-state index is -0.0887. The van der Waals surface area contributed by atoms with Gasteiger partial charge in [-0.2, -0.15) is 5.10 Å². The first kappa shape index (κ1) is 22.1. The Bertz CT molecular complexity index is 1080. The molecule has 4 rings (SSSR count). The summed E-state index contributed by atoms with van der Waals surface area (Å²) < 4.78 is 0. The monoisotopic (exact) mass is 452 g/mol. The maximum Gasteiger partial charge on any atom is 0.271 e. The van der Waals surface area contributed by atoms with Crippen LogP contribution < -0.4 is 5.32 Å². The molecule has 8 nitrogen and oxygen atoms in total. The molecule has 1 aliphatic rings. The lowest BCUT2D eigenvalue weighted by Gasteiger charge is -2.30. The average Bonchev–Trinajstić information content (AvgIpc) is 3.48. The second kappa shape index (κ2) is 9.20. The van der Waals surface area contributed by atoms with Crippen LogP contribution in [0, 0.1) is 5.92 Å². The van der Waals surface area contributed by atoms with Gasteiger partial charge >= 0.3 is 0 Å². The molecule has 1 fully saturated rings. The predicted octanol–water partition coefficient (Wildman–Crippen LogP) is 3.39. The molecule has 0 saturated carbocycles. The van der Waals surface area contributed by atoms with Crippen molar-refractivity contribution in [2.45, 2.75) is 45.6 Å². The van der Waals surface area contributed by atoms with Gasteiger partial charge in [-0.05, 0) is 31.0 Å². The third-order valence-corrected chi connectivity index (χ3v) is 6.52. The summed E-state index contributed by atoms with van der Waals surface area (Å²) in [6.45, 7) is 7.93. The van der Waals surface area contributed by atoms with Gasteiger partial charge in [0.15, 0.2) is 0 Å². The summed E-state index contributed by atoms with van der Waals surface area (Å²) in [5.41, 5.74) is 3.12. The van der Waals surface area contributed by atoms with Gasteiger partial charge in [-0.15, -0.1) is 11.3 Å². The van der Waals surface area contributed by atoms with Crippen LogP contribution in [-0.2, 0) is 16.8 Å². The molecular weight excluding hydrogens is 424 g/mol. The number of carbonyl (C=O) groups is 2. The van der Waals surface area contributed by atoms with E-state index in [1.54, 1.807) is 34.7 Å². The molecule has 168 valence electrons. The third-order valence-electron chi connectivity index (χ3n) is 5.67. The van der Waals surface area contributed by atoms with E-state index < -0.39 is 0 Å². The average molecular weight is 453 g/mol. The third kappa shape index (κ3) is 5.04. The Morgan fingerprint density at radius 1 is 1.22 bits per heavy atom. The van der Waals surface area contributed by atoms with E-state index in [2.05, 4.69) is 51.6 Å². The van der Waals surface area contributed by atoms with Gasteiger partial charge in [0, 0.05) is 47.8 Å². The van der Waals surface area contributed by atoms with Gasteiger partial charge in [-0.25, -0.2) is 4.98 Å². The Morgan fingerprint density at radius 3 is 2.59 bits per heavy atom. The highest BCUT2D eigenvalue weighted by Crippen LogP contribution is 2.24. The Kier molecular flexibility index (Phi) is 6.36. The normalized spacial score (nSPS) is 15.0. The molecule has 3 aromatic heterocycles. The van der Waals surface area contributed by atoms with Crippen LogP contribution in [0.15, 0.2) is 36.0 Å². The van der Waals surface area contributed by atoms with E-state index in [4.69, 9.17) is 0 Å². The van der Waals surface area contributed by atoms with Crippen molar-refractivity contribution in [1.29, 1.82) is 0 Å². The maximum absolute atomic E-state index is 12.8. The predicted molar refractivity (Wildman–Crippen MR) is 123 cm³/mol. The zero-order valence-corrected chi connectivity index (χ0v) is 19.4. The number of hydrogen-bond donors (Lipinski definition) is 2. The van der Waals surface area contributed by atoms with Crippen molar-refractivity contribution < 1.29 is 9.59 Å². The first-order valence-electron chi connectivity index (χ1n) is 10.8. The summed E-state index contributed by atoms with van der Waals surface area (Å²) >= 11 is 1.58. The van der Waals surface area contributed by atoms with Gasteiger partial charge in [0.1, 0.15) is 10.7 Å². The number of thiazole rings is 1. The van der Waals surface area contributed by atoms with Crippen LogP contribution in [0.5, 0.6) is 0 Å². The van der Waals surface area contributed by atoms with Crippen molar-refractivity contribution in [2.24, 2.45) is 5.92 Å². The molecule has 2 amide bonds. The number of nitrogens with zero attached hydrogens (tertiary/aromatic N) is 4. The minimum absolute atomic E-state index is 0.00580. The van der Waals surface area contributed by atoms with Crippen LogP contribution in [0.2, 0.25) is 0 Å². The fourth-order valence-electron chi connectivity index (χ4n) is 3.66. The molecule has 3 aromatic rings. The molecule has 0 atom stereocenters. The van der Waals surface area contributed by atoms with Crippen molar-refractivity contribution in [3.05, 3.63) is 52.4 Å². The number of rotatable bonds is 5. The fraction of sp³-hybridized carbons (Fsp3) is 0.435. The smallest absolute Gasteiger partial charge is 0.271 e. The summed E-state index contributed by atoms with van der Waals surface area (Å²) in [6, 6.07) is 5.46. The molecule has 0 bridgehead atoms. The van der Waals surface area contributed by atoms with Gasteiger partial charge in [0.05, 0.1) is 17.9 Å². The lowest BCUT2D eigenvalue weighted by Crippen LogP contribution is -2.43. The van der Waals surface area contributed by atoms with E-state index in [-0.39, 0.29) is 23.1 Å². The molecule has 2 N–H and O–H groups in total. The van der Waals surface area contributed by atoms with Crippen LogP contribution in [0.4, 0.5) is 0 Å². The number of carbonyl (C=O) groups excluding carboxylic acids is 2. The molecule has 1 saturated heterocycles. The Morgan fingerprint density at radius 2 is 1.94 bits per heavy atom. The largest absolute Gasteiger partial charge is 0.349 e. The molecule has 1 aliphatic heterocycles. The van der Waals surface area contributed by atoms with Crippen molar-refractivity contribution in [2.75, 3.05) is 13.1 Å². The van der Waals surface area contributed by atoms with E-state index in [0.29, 0.717) is 43.9 Å². The topological polar surface area (TPSA) is 104 Å². The summed E-state index contributed by atoms with van der Waals surface area (Å²) in [5.74, 6) is -0.143. The van der Waals surface area contributed by atoms with E-state index in [1.165, 1.54) is 0 Å². The molecule has 9 heteroatoms. The number of aromatic nitrogens is 4. The Hall–Kier alpha value is -3.07. The number of likely N-dealkylation sites (tertiary alicyclic amines) is 1. The van der Waals surface area contributed by atoms with Gasteiger partial charge in [-0.3, -0.25) is 19.7 Å². The minimum Gasteiger partial charge on any atom is -0.349 e. The number of H-pyrrole nitrogens is 1. The summed E-state index contributed by atoms with van der Waals surface area (Å²) in [7, 11) is 0. The second-order valence-corrected chi connectivity index (χ2v) is 10.0. The summed E-state index contributed by atoms with van der Waals surface area (Å²) in [6.07, 6.45) is 4.68. The molecule has 32 heavy (non-hydrogen) atoms.